The molecule has 0 fully saturated rings. The second-order valence-electron chi connectivity index (χ2n) is 7.82. The lowest BCUT2D eigenvalue weighted by molar-refractivity contribution is 0.343. The highest BCUT2D eigenvalue weighted by molar-refractivity contribution is 7.90. The molecule has 10 heteroatoms. The Labute approximate surface area is 202 Å². The van der Waals surface area contributed by atoms with E-state index < -0.39 is 15.3 Å². The zero-order valence-corrected chi connectivity index (χ0v) is 20.9. The van der Waals surface area contributed by atoms with Gasteiger partial charge in [0.25, 0.3) is 0 Å². The first-order valence-corrected chi connectivity index (χ1v) is 13.0. The molecule has 0 aliphatic heterocycles. The van der Waals surface area contributed by atoms with Gasteiger partial charge in [-0.25, -0.2) is 13.4 Å². The summed E-state index contributed by atoms with van der Waals surface area (Å²) < 4.78 is 34.3. The van der Waals surface area contributed by atoms with Gasteiger partial charge in [-0.15, -0.1) is 11.6 Å². The van der Waals surface area contributed by atoms with Crippen LogP contribution in [0.2, 0.25) is 10.0 Å². The van der Waals surface area contributed by atoms with E-state index in [1.54, 1.807) is 6.20 Å². The SMILES string of the molecule is CC(C)(c1ccc(CCc2ocnc2S(C)(=O)=O)nc1)c1cc(Cl)c(OCCCl)c(Cl)c1. The van der Waals surface area contributed by atoms with E-state index in [4.69, 9.17) is 44.0 Å². The van der Waals surface area contributed by atoms with Crippen molar-refractivity contribution in [2.45, 2.75) is 37.1 Å². The van der Waals surface area contributed by atoms with Gasteiger partial charge in [-0.2, -0.15) is 0 Å². The van der Waals surface area contributed by atoms with Crippen molar-refractivity contribution in [3.63, 3.8) is 0 Å². The Morgan fingerprint density at radius 2 is 1.75 bits per heavy atom. The van der Waals surface area contributed by atoms with E-state index in [-0.39, 0.29) is 5.03 Å². The molecule has 2 aromatic heterocycles. The summed E-state index contributed by atoms with van der Waals surface area (Å²) in [6.45, 7) is 4.42. The van der Waals surface area contributed by atoms with Crippen molar-refractivity contribution < 1.29 is 17.6 Å². The number of pyridine rings is 1. The molecular weight excluding hydrogens is 495 g/mol. The van der Waals surface area contributed by atoms with Gasteiger partial charge in [0.15, 0.2) is 27.0 Å². The summed E-state index contributed by atoms with van der Waals surface area (Å²) in [7, 11) is -3.43. The van der Waals surface area contributed by atoms with Gasteiger partial charge < -0.3 is 9.15 Å². The van der Waals surface area contributed by atoms with Crippen molar-refractivity contribution in [1.82, 2.24) is 9.97 Å². The molecule has 0 radical (unpaired) electrons. The minimum Gasteiger partial charge on any atom is -0.489 e. The molecule has 32 heavy (non-hydrogen) atoms. The minimum atomic E-state index is -3.43. The number of hydrogen-bond acceptors (Lipinski definition) is 6. The molecule has 3 aromatic rings. The minimum absolute atomic E-state index is 0.0255. The first kappa shape index (κ1) is 24.8. The highest BCUT2D eigenvalue weighted by Crippen LogP contribution is 2.40. The molecule has 0 saturated heterocycles. The van der Waals surface area contributed by atoms with Crippen LogP contribution in [0.4, 0.5) is 0 Å². The molecule has 0 aliphatic carbocycles. The fourth-order valence-electron chi connectivity index (χ4n) is 3.28. The van der Waals surface area contributed by atoms with E-state index in [1.165, 1.54) is 0 Å². The van der Waals surface area contributed by atoms with Crippen LogP contribution in [0.1, 0.15) is 36.4 Å². The largest absolute Gasteiger partial charge is 0.489 e. The Morgan fingerprint density at radius 3 is 2.31 bits per heavy atom. The van der Waals surface area contributed by atoms with Gasteiger partial charge in [-0.1, -0.05) is 43.1 Å². The van der Waals surface area contributed by atoms with Crippen LogP contribution in [0.25, 0.3) is 0 Å². The normalized spacial score (nSPS) is 12.2. The zero-order valence-electron chi connectivity index (χ0n) is 17.9. The molecule has 0 aliphatic rings. The van der Waals surface area contributed by atoms with Crippen molar-refractivity contribution in [3.05, 3.63) is 69.5 Å². The summed E-state index contributed by atoms with van der Waals surface area (Å²) in [5.41, 5.74) is 2.28. The first-order valence-electron chi connectivity index (χ1n) is 9.80. The quantitative estimate of drug-likeness (QED) is 0.348. The second-order valence-corrected chi connectivity index (χ2v) is 10.9. The Hall–Kier alpha value is -1.80. The van der Waals surface area contributed by atoms with E-state index in [2.05, 4.69) is 23.8 Å². The highest BCUT2D eigenvalue weighted by Gasteiger charge is 2.26. The van der Waals surface area contributed by atoms with E-state index in [0.29, 0.717) is 46.9 Å². The molecule has 3 rings (SSSR count). The number of benzene rings is 1. The third kappa shape index (κ3) is 5.57. The molecule has 0 N–H and O–H groups in total. The predicted octanol–water partition coefficient (Wildman–Crippen LogP) is 5.51. The lowest BCUT2D eigenvalue weighted by Gasteiger charge is -2.27. The molecule has 172 valence electrons. The molecule has 0 saturated carbocycles. The molecular formula is C22H23Cl3N2O4S. The molecule has 0 bridgehead atoms. The number of hydrogen-bond donors (Lipinski definition) is 0. The first-order chi connectivity index (χ1) is 15.0. The van der Waals surface area contributed by atoms with Crippen LogP contribution in [-0.2, 0) is 28.1 Å². The monoisotopic (exact) mass is 516 g/mol. The number of rotatable bonds is 9. The summed E-state index contributed by atoms with van der Waals surface area (Å²) in [6, 6.07) is 7.57. The Bertz CT molecular complexity index is 1170. The van der Waals surface area contributed by atoms with E-state index >= 15 is 0 Å². The van der Waals surface area contributed by atoms with Gasteiger partial charge in [0, 0.05) is 30.0 Å². The van der Waals surface area contributed by atoms with Crippen LogP contribution in [-0.4, -0.2) is 37.1 Å². The van der Waals surface area contributed by atoms with Gasteiger partial charge >= 0.3 is 0 Å². The van der Waals surface area contributed by atoms with Crippen LogP contribution in [0.5, 0.6) is 5.75 Å². The van der Waals surface area contributed by atoms with E-state index in [1.807, 2.05) is 24.3 Å². The molecule has 0 atom stereocenters. The zero-order chi connectivity index (χ0) is 23.5. The number of aromatic nitrogens is 2. The van der Waals surface area contributed by atoms with Crippen molar-refractivity contribution in [3.8, 4) is 5.75 Å². The van der Waals surface area contributed by atoms with Gasteiger partial charge in [0.2, 0.25) is 0 Å². The maximum atomic E-state index is 11.8. The van der Waals surface area contributed by atoms with Crippen LogP contribution in [0, 0.1) is 0 Å². The van der Waals surface area contributed by atoms with E-state index in [9.17, 15) is 8.42 Å². The number of alkyl halides is 1. The van der Waals surface area contributed by atoms with Crippen LogP contribution >= 0.6 is 34.8 Å². The summed E-state index contributed by atoms with van der Waals surface area (Å²) in [5.74, 6) is 1.09. The Kier molecular flexibility index (Phi) is 7.76. The average Bonchev–Trinajstić information content (AvgIpc) is 3.21. The summed E-state index contributed by atoms with van der Waals surface area (Å²) in [5, 5.41) is 0.815. The molecule has 0 spiro atoms. The smallest absolute Gasteiger partial charge is 0.196 e. The highest BCUT2D eigenvalue weighted by atomic mass is 35.5. The van der Waals surface area contributed by atoms with E-state index in [0.717, 1.165) is 29.5 Å². The lowest BCUT2D eigenvalue weighted by Crippen LogP contribution is -2.19. The number of sulfone groups is 1. The second kappa shape index (κ2) is 10.00. The van der Waals surface area contributed by atoms with Gasteiger partial charge in [0.1, 0.15) is 12.4 Å². The average molecular weight is 518 g/mol. The van der Waals surface area contributed by atoms with Crippen LogP contribution in [0.15, 0.2) is 46.3 Å². The predicted molar refractivity (Wildman–Crippen MR) is 126 cm³/mol. The molecule has 2 heterocycles. The molecule has 0 unspecified atom stereocenters. The summed E-state index contributed by atoms with van der Waals surface area (Å²) in [6.07, 6.45) is 4.95. The summed E-state index contributed by atoms with van der Waals surface area (Å²) >= 11 is 18.5. The molecule has 6 nitrogen and oxygen atoms in total. The Morgan fingerprint density at radius 1 is 1.06 bits per heavy atom. The van der Waals surface area contributed by atoms with Crippen molar-refractivity contribution >= 4 is 44.6 Å². The number of halogens is 3. The topological polar surface area (TPSA) is 82.3 Å². The van der Waals surface area contributed by atoms with Gasteiger partial charge in [-0.05, 0) is 35.7 Å². The number of oxazole rings is 1. The summed E-state index contributed by atoms with van der Waals surface area (Å²) in [4.78, 5) is 8.35. The number of aryl methyl sites for hydroxylation is 2. The third-order valence-corrected chi connectivity index (χ3v) is 6.90. The number of ether oxygens (including phenoxy) is 1. The maximum Gasteiger partial charge on any atom is 0.196 e. The number of nitrogens with zero attached hydrogens (tertiary/aromatic N) is 2. The lowest BCUT2D eigenvalue weighted by atomic mass is 9.79. The maximum absolute atomic E-state index is 11.8. The van der Waals surface area contributed by atoms with Crippen LogP contribution in [0.3, 0.4) is 0 Å². The van der Waals surface area contributed by atoms with Crippen molar-refractivity contribution in [2.24, 2.45) is 0 Å². The van der Waals surface area contributed by atoms with Gasteiger partial charge in [0.05, 0.1) is 15.9 Å². The van der Waals surface area contributed by atoms with Crippen LogP contribution < -0.4 is 4.74 Å². The van der Waals surface area contributed by atoms with Crippen molar-refractivity contribution in [2.75, 3.05) is 18.7 Å². The fraction of sp³-hybridized carbons (Fsp3) is 0.364. The molecule has 0 amide bonds. The molecule has 1 aromatic carbocycles. The fourth-order valence-corrected chi connectivity index (χ4v) is 4.75. The Balaban J connectivity index is 1.77. The van der Waals surface area contributed by atoms with Crippen molar-refractivity contribution in [1.29, 1.82) is 0 Å². The standard InChI is InChI=1S/C22H23Cl3N2O4S/c1-22(2,15-10-17(24)20(18(25)11-15)30-9-8-23)14-4-5-16(26-12-14)6-7-19-21(27-13-31-19)32(3,28)29/h4-5,10-13H,6-9H2,1-3H3. The third-order valence-electron chi connectivity index (χ3n) is 5.15. The van der Waals surface area contributed by atoms with Gasteiger partial charge in [-0.3, -0.25) is 4.98 Å².